The molecule has 1 saturated heterocycles. The Hall–Kier alpha value is -0.930. The second-order valence-corrected chi connectivity index (χ2v) is 6.00. The van der Waals surface area contributed by atoms with Crippen molar-refractivity contribution in [3.63, 3.8) is 0 Å². The van der Waals surface area contributed by atoms with Gasteiger partial charge in [-0.3, -0.25) is 4.90 Å². The van der Waals surface area contributed by atoms with Gasteiger partial charge in [0.25, 0.3) is 0 Å². The Balaban J connectivity index is 1.69. The summed E-state index contributed by atoms with van der Waals surface area (Å²) in [4.78, 5) is 2.45. The standard InChI is InChI=1S/C16H23FN2/c1-19(11-12-7-9-18-10-8-12)16-6-5-13-14(16)3-2-4-15(13)17/h2-4,12,16,18H,5-11H2,1H3. The van der Waals surface area contributed by atoms with Crippen LogP contribution in [0.5, 0.6) is 0 Å². The molecule has 0 amide bonds. The molecule has 1 unspecified atom stereocenters. The average Bonchev–Trinajstić information content (AvgIpc) is 2.85. The first-order chi connectivity index (χ1) is 9.25. The van der Waals surface area contributed by atoms with Crippen LogP contribution in [-0.4, -0.2) is 31.6 Å². The number of hydrogen-bond acceptors (Lipinski definition) is 2. The molecule has 19 heavy (non-hydrogen) atoms. The summed E-state index contributed by atoms with van der Waals surface area (Å²) < 4.78 is 13.8. The van der Waals surface area contributed by atoms with Gasteiger partial charge in [-0.15, -0.1) is 0 Å². The van der Waals surface area contributed by atoms with E-state index in [0.29, 0.717) is 6.04 Å². The van der Waals surface area contributed by atoms with Crippen molar-refractivity contribution in [2.45, 2.75) is 31.7 Å². The van der Waals surface area contributed by atoms with Gasteiger partial charge in [0.15, 0.2) is 0 Å². The topological polar surface area (TPSA) is 15.3 Å². The maximum Gasteiger partial charge on any atom is 0.126 e. The second kappa shape index (κ2) is 5.59. The van der Waals surface area contributed by atoms with Crippen molar-refractivity contribution < 1.29 is 4.39 Å². The van der Waals surface area contributed by atoms with Gasteiger partial charge in [0.1, 0.15) is 5.82 Å². The van der Waals surface area contributed by atoms with Gasteiger partial charge in [-0.05, 0) is 68.9 Å². The first-order valence-electron chi connectivity index (χ1n) is 7.44. The average molecular weight is 262 g/mol. The SMILES string of the molecule is CN(CC1CCNCC1)C1CCc2c(F)cccc21. The van der Waals surface area contributed by atoms with E-state index in [1.54, 1.807) is 6.07 Å². The Morgan fingerprint density at radius 1 is 1.26 bits per heavy atom. The van der Waals surface area contributed by atoms with Gasteiger partial charge in [0, 0.05) is 12.6 Å². The zero-order valence-electron chi connectivity index (χ0n) is 11.7. The molecule has 1 heterocycles. The molecular formula is C16H23FN2. The van der Waals surface area contributed by atoms with Crippen molar-refractivity contribution in [1.29, 1.82) is 0 Å². The lowest BCUT2D eigenvalue weighted by Crippen LogP contribution is -2.35. The van der Waals surface area contributed by atoms with E-state index < -0.39 is 0 Å². The monoisotopic (exact) mass is 262 g/mol. The lowest BCUT2D eigenvalue weighted by atomic mass is 9.96. The number of rotatable bonds is 3. The van der Waals surface area contributed by atoms with E-state index in [9.17, 15) is 4.39 Å². The normalized spacial score (nSPS) is 23.8. The second-order valence-electron chi connectivity index (χ2n) is 6.00. The Kier molecular flexibility index (Phi) is 3.85. The van der Waals surface area contributed by atoms with Gasteiger partial charge in [0.05, 0.1) is 0 Å². The van der Waals surface area contributed by atoms with Gasteiger partial charge in [-0.1, -0.05) is 12.1 Å². The molecule has 3 heteroatoms. The van der Waals surface area contributed by atoms with E-state index in [1.807, 2.05) is 6.07 Å². The molecule has 104 valence electrons. The highest BCUT2D eigenvalue weighted by Crippen LogP contribution is 2.36. The molecule has 1 fully saturated rings. The van der Waals surface area contributed by atoms with Gasteiger partial charge < -0.3 is 5.32 Å². The molecule has 0 aromatic heterocycles. The third-order valence-electron chi connectivity index (χ3n) is 4.72. The number of nitrogens with one attached hydrogen (secondary N) is 1. The Bertz CT molecular complexity index is 440. The molecule has 0 radical (unpaired) electrons. The van der Waals surface area contributed by atoms with E-state index in [0.717, 1.165) is 44.0 Å². The van der Waals surface area contributed by atoms with Crippen LogP contribution in [0, 0.1) is 11.7 Å². The highest BCUT2D eigenvalue weighted by Gasteiger charge is 2.29. The zero-order chi connectivity index (χ0) is 13.2. The third kappa shape index (κ3) is 2.67. The lowest BCUT2D eigenvalue weighted by molar-refractivity contribution is 0.186. The highest BCUT2D eigenvalue weighted by molar-refractivity contribution is 5.35. The maximum atomic E-state index is 13.8. The summed E-state index contributed by atoms with van der Waals surface area (Å²) in [6, 6.07) is 5.97. The molecule has 1 aromatic rings. The maximum absolute atomic E-state index is 13.8. The Morgan fingerprint density at radius 3 is 2.84 bits per heavy atom. The summed E-state index contributed by atoms with van der Waals surface area (Å²) in [6.45, 7) is 3.44. The first kappa shape index (κ1) is 13.1. The summed E-state index contributed by atoms with van der Waals surface area (Å²) in [6.07, 6.45) is 4.50. The van der Waals surface area contributed by atoms with Crippen molar-refractivity contribution in [2.75, 3.05) is 26.7 Å². The molecule has 3 rings (SSSR count). The van der Waals surface area contributed by atoms with E-state index >= 15 is 0 Å². The van der Waals surface area contributed by atoms with E-state index in [1.165, 1.54) is 18.4 Å². The molecule has 0 saturated carbocycles. The number of benzene rings is 1. The summed E-state index contributed by atoms with van der Waals surface area (Å²) >= 11 is 0. The molecule has 1 N–H and O–H groups in total. The Labute approximate surface area is 115 Å². The number of fused-ring (bicyclic) bond motifs is 1. The van der Waals surface area contributed by atoms with Gasteiger partial charge in [-0.2, -0.15) is 0 Å². The predicted molar refractivity (Wildman–Crippen MR) is 75.7 cm³/mol. The highest BCUT2D eigenvalue weighted by atomic mass is 19.1. The largest absolute Gasteiger partial charge is 0.317 e. The van der Waals surface area contributed by atoms with Crippen molar-refractivity contribution in [3.8, 4) is 0 Å². The quantitative estimate of drug-likeness (QED) is 0.901. The molecule has 1 aromatic carbocycles. The predicted octanol–water partition coefficient (Wildman–Crippen LogP) is 2.74. The number of nitrogens with zero attached hydrogens (tertiary/aromatic N) is 1. The number of piperidine rings is 1. The van der Waals surface area contributed by atoms with Crippen LogP contribution in [-0.2, 0) is 6.42 Å². The first-order valence-corrected chi connectivity index (χ1v) is 7.44. The van der Waals surface area contributed by atoms with Crippen molar-refractivity contribution in [3.05, 3.63) is 35.1 Å². The van der Waals surface area contributed by atoms with Crippen molar-refractivity contribution in [1.82, 2.24) is 10.2 Å². The van der Waals surface area contributed by atoms with Crippen LogP contribution in [0.15, 0.2) is 18.2 Å². The molecule has 1 aliphatic heterocycles. The minimum absolute atomic E-state index is 0.0183. The molecule has 2 aliphatic rings. The summed E-state index contributed by atoms with van der Waals surface area (Å²) in [5.41, 5.74) is 2.17. The van der Waals surface area contributed by atoms with Crippen LogP contribution in [0.25, 0.3) is 0 Å². The minimum Gasteiger partial charge on any atom is -0.317 e. The van der Waals surface area contributed by atoms with Crippen LogP contribution < -0.4 is 5.32 Å². The molecule has 0 spiro atoms. The number of halogens is 1. The molecule has 2 nitrogen and oxygen atoms in total. The van der Waals surface area contributed by atoms with Crippen LogP contribution in [0.1, 0.15) is 36.4 Å². The van der Waals surface area contributed by atoms with E-state index in [4.69, 9.17) is 0 Å². The van der Waals surface area contributed by atoms with Gasteiger partial charge in [-0.25, -0.2) is 4.39 Å². The van der Waals surface area contributed by atoms with Crippen molar-refractivity contribution in [2.24, 2.45) is 5.92 Å². The molecule has 0 bridgehead atoms. The van der Waals surface area contributed by atoms with Crippen LogP contribution in [0.4, 0.5) is 4.39 Å². The van der Waals surface area contributed by atoms with Crippen LogP contribution >= 0.6 is 0 Å². The number of hydrogen-bond donors (Lipinski definition) is 1. The lowest BCUT2D eigenvalue weighted by Gasteiger charge is -2.31. The van der Waals surface area contributed by atoms with Crippen LogP contribution in [0.2, 0.25) is 0 Å². The fraction of sp³-hybridized carbons (Fsp3) is 0.625. The van der Waals surface area contributed by atoms with Gasteiger partial charge >= 0.3 is 0 Å². The van der Waals surface area contributed by atoms with E-state index in [-0.39, 0.29) is 5.82 Å². The van der Waals surface area contributed by atoms with Crippen molar-refractivity contribution >= 4 is 0 Å². The van der Waals surface area contributed by atoms with Crippen LogP contribution in [0.3, 0.4) is 0 Å². The third-order valence-corrected chi connectivity index (χ3v) is 4.72. The summed E-state index contributed by atoms with van der Waals surface area (Å²) in [5, 5.41) is 3.41. The molecule has 1 aliphatic carbocycles. The minimum atomic E-state index is -0.0183. The van der Waals surface area contributed by atoms with E-state index in [2.05, 4.69) is 23.3 Å². The summed E-state index contributed by atoms with van der Waals surface area (Å²) in [7, 11) is 2.20. The zero-order valence-corrected chi connectivity index (χ0v) is 11.7. The fourth-order valence-electron chi connectivity index (χ4n) is 3.64. The molecular weight excluding hydrogens is 239 g/mol. The fourth-order valence-corrected chi connectivity index (χ4v) is 3.64. The van der Waals surface area contributed by atoms with Gasteiger partial charge in [0.2, 0.25) is 0 Å². The summed E-state index contributed by atoms with van der Waals surface area (Å²) in [5.74, 6) is 0.777. The smallest absolute Gasteiger partial charge is 0.126 e. The Morgan fingerprint density at radius 2 is 2.05 bits per heavy atom. The molecule has 1 atom stereocenters.